The molecule has 0 saturated carbocycles. The quantitative estimate of drug-likeness (QED) is 0.334. The maximum atomic E-state index is 10.4. The summed E-state index contributed by atoms with van der Waals surface area (Å²) in [7, 11) is 0. The molecule has 0 saturated heterocycles. The molecule has 1 aromatic carbocycles. The number of hydrogen-bond acceptors (Lipinski definition) is 3. The third-order valence-electron chi connectivity index (χ3n) is 1.54. The van der Waals surface area contributed by atoms with Crippen LogP contribution in [0, 0.1) is 10.1 Å². The Kier molecular flexibility index (Phi) is 3.36. The topological polar surface area (TPSA) is 60.2 Å². The maximum Gasteiger partial charge on any atom is 0.287 e. The fourth-order valence-corrected chi connectivity index (χ4v) is 1.18. The molecule has 14 heavy (non-hydrogen) atoms. The third-order valence-corrected chi connectivity index (χ3v) is 1.84. The van der Waals surface area contributed by atoms with Gasteiger partial charge in [-0.3, -0.25) is 14.9 Å². The fourth-order valence-electron chi connectivity index (χ4n) is 0.925. The number of nitro groups is 1. The summed E-state index contributed by atoms with van der Waals surface area (Å²) in [5, 5.41) is 10.5. The van der Waals surface area contributed by atoms with Crippen molar-refractivity contribution in [1.82, 2.24) is 0 Å². The van der Waals surface area contributed by atoms with Crippen LogP contribution in [-0.4, -0.2) is 11.2 Å². The number of benzene rings is 1. The summed E-state index contributed by atoms with van der Waals surface area (Å²) in [5.74, 6) is 0. The smallest absolute Gasteiger partial charge is 0.287 e. The van der Waals surface area contributed by atoms with E-state index >= 15 is 0 Å². The van der Waals surface area contributed by atoms with Crippen molar-refractivity contribution in [3.63, 3.8) is 0 Å². The van der Waals surface area contributed by atoms with E-state index in [0.29, 0.717) is 11.8 Å². The van der Waals surface area contributed by atoms with Crippen molar-refractivity contribution in [2.45, 2.75) is 0 Å². The van der Waals surface area contributed by atoms with E-state index in [-0.39, 0.29) is 10.7 Å². The average molecular weight is 212 g/mol. The second kappa shape index (κ2) is 4.53. The Morgan fingerprint density at radius 1 is 1.43 bits per heavy atom. The first kappa shape index (κ1) is 10.4. The lowest BCUT2D eigenvalue weighted by atomic mass is 10.2. The van der Waals surface area contributed by atoms with Gasteiger partial charge in [-0.1, -0.05) is 17.7 Å². The van der Waals surface area contributed by atoms with Crippen LogP contribution in [0.25, 0.3) is 6.08 Å². The molecular formula is C9H6ClNO3. The Hall–Kier alpha value is -1.68. The van der Waals surface area contributed by atoms with Gasteiger partial charge in [0.25, 0.3) is 5.69 Å². The van der Waals surface area contributed by atoms with Crippen molar-refractivity contribution in [3.8, 4) is 0 Å². The minimum atomic E-state index is -0.560. The van der Waals surface area contributed by atoms with E-state index in [1.54, 1.807) is 0 Å². The van der Waals surface area contributed by atoms with Gasteiger partial charge in [0.05, 0.1) is 4.92 Å². The number of nitrogens with zero attached hydrogens (tertiary/aromatic N) is 1. The molecule has 0 atom stereocenters. The second-order valence-electron chi connectivity index (χ2n) is 2.46. The van der Waals surface area contributed by atoms with E-state index in [9.17, 15) is 14.9 Å². The molecule has 0 fully saturated rings. The average Bonchev–Trinajstić information content (AvgIpc) is 2.14. The lowest BCUT2D eigenvalue weighted by molar-refractivity contribution is -0.384. The van der Waals surface area contributed by atoms with Gasteiger partial charge in [-0.25, -0.2) is 0 Å². The minimum absolute atomic E-state index is 0.0584. The zero-order valence-electron chi connectivity index (χ0n) is 7.01. The number of allylic oxidation sites excluding steroid dienone is 1. The van der Waals surface area contributed by atoms with Gasteiger partial charge in [0.2, 0.25) is 0 Å². The molecule has 0 aliphatic rings. The molecule has 1 aromatic rings. The largest absolute Gasteiger partial charge is 0.299 e. The maximum absolute atomic E-state index is 10.4. The van der Waals surface area contributed by atoms with Gasteiger partial charge in [-0.05, 0) is 23.8 Å². The number of aldehydes is 1. The number of nitro benzene ring substituents is 1. The molecule has 5 heteroatoms. The number of hydrogen-bond donors (Lipinski definition) is 0. The Balaban J connectivity index is 3.06. The van der Waals surface area contributed by atoms with Crippen LogP contribution in [0.4, 0.5) is 5.69 Å². The van der Waals surface area contributed by atoms with E-state index in [4.69, 9.17) is 11.6 Å². The normalized spacial score (nSPS) is 10.4. The first-order valence-corrected chi connectivity index (χ1v) is 4.08. The Labute approximate surface area is 85.0 Å². The first-order chi connectivity index (χ1) is 6.65. The molecular weight excluding hydrogens is 206 g/mol. The van der Waals surface area contributed by atoms with Crippen LogP contribution in [0.5, 0.6) is 0 Å². The predicted octanol–water partition coefficient (Wildman–Crippen LogP) is 2.46. The van der Waals surface area contributed by atoms with Gasteiger partial charge < -0.3 is 0 Å². The summed E-state index contributed by atoms with van der Waals surface area (Å²) >= 11 is 5.64. The lowest BCUT2D eigenvalue weighted by Crippen LogP contribution is -1.88. The number of carbonyl (C=O) groups excluding carboxylic acids is 1. The first-order valence-electron chi connectivity index (χ1n) is 3.71. The van der Waals surface area contributed by atoms with E-state index < -0.39 is 4.92 Å². The highest BCUT2D eigenvalue weighted by atomic mass is 35.5. The summed E-state index contributed by atoms with van der Waals surface area (Å²) in [6.45, 7) is 0. The molecule has 0 unspecified atom stereocenters. The van der Waals surface area contributed by atoms with Crippen LogP contribution >= 0.6 is 11.6 Å². The second-order valence-corrected chi connectivity index (χ2v) is 2.87. The molecule has 0 N–H and O–H groups in total. The molecule has 0 radical (unpaired) electrons. The van der Waals surface area contributed by atoms with Crippen LogP contribution in [0.2, 0.25) is 5.02 Å². The van der Waals surface area contributed by atoms with Crippen molar-refractivity contribution in [2.24, 2.45) is 0 Å². The van der Waals surface area contributed by atoms with Crippen LogP contribution in [-0.2, 0) is 4.79 Å². The Morgan fingerprint density at radius 2 is 2.14 bits per heavy atom. The number of halogens is 1. The van der Waals surface area contributed by atoms with E-state index in [0.717, 1.165) is 0 Å². The highest BCUT2D eigenvalue weighted by molar-refractivity contribution is 6.32. The molecule has 0 aromatic heterocycles. The molecule has 0 aliphatic heterocycles. The molecule has 4 nitrogen and oxygen atoms in total. The van der Waals surface area contributed by atoms with Gasteiger partial charge >= 0.3 is 0 Å². The van der Waals surface area contributed by atoms with E-state index in [2.05, 4.69) is 0 Å². The standard InChI is InChI=1S/C9H6ClNO3/c10-8-6-7(2-1-5-12)3-4-9(8)11(13)14/h1-6H/b2-1+. The Morgan fingerprint density at radius 3 is 2.64 bits per heavy atom. The highest BCUT2D eigenvalue weighted by Crippen LogP contribution is 2.25. The van der Waals surface area contributed by atoms with Crippen molar-refractivity contribution in [1.29, 1.82) is 0 Å². The van der Waals surface area contributed by atoms with Crippen molar-refractivity contribution in [2.75, 3.05) is 0 Å². The van der Waals surface area contributed by atoms with Crippen molar-refractivity contribution < 1.29 is 9.72 Å². The molecule has 0 amide bonds. The van der Waals surface area contributed by atoms with Gasteiger partial charge in [-0.15, -0.1) is 0 Å². The molecule has 0 spiro atoms. The monoisotopic (exact) mass is 211 g/mol. The molecule has 72 valence electrons. The number of rotatable bonds is 3. The summed E-state index contributed by atoms with van der Waals surface area (Å²) in [5.41, 5.74) is 0.502. The molecule has 1 rings (SSSR count). The predicted molar refractivity (Wildman–Crippen MR) is 53.2 cm³/mol. The van der Waals surface area contributed by atoms with Crippen molar-refractivity contribution >= 4 is 29.7 Å². The zero-order chi connectivity index (χ0) is 10.6. The van der Waals surface area contributed by atoms with Gasteiger partial charge in [0, 0.05) is 6.07 Å². The SMILES string of the molecule is O=C/C=C/c1ccc([N+](=O)[O-])c(Cl)c1. The summed E-state index contributed by atoms with van der Waals surface area (Å²) in [4.78, 5) is 19.8. The van der Waals surface area contributed by atoms with Crippen LogP contribution in [0.1, 0.15) is 5.56 Å². The number of carbonyl (C=O) groups is 1. The van der Waals surface area contributed by atoms with Gasteiger partial charge in [-0.2, -0.15) is 0 Å². The Bertz CT molecular complexity index is 401. The molecule has 0 aliphatic carbocycles. The highest BCUT2D eigenvalue weighted by Gasteiger charge is 2.10. The molecule has 0 bridgehead atoms. The van der Waals surface area contributed by atoms with E-state index in [1.165, 1.54) is 30.4 Å². The zero-order valence-corrected chi connectivity index (χ0v) is 7.77. The van der Waals surface area contributed by atoms with Crippen LogP contribution in [0.15, 0.2) is 24.3 Å². The molecule has 0 heterocycles. The summed E-state index contributed by atoms with van der Waals surface area (Å²) in [6.07, 6.45) is 3.43. The summed E-state index contributed by atoms with van der Waals surface area (Å²) in [6, 6.07) is 4.25. The third kappa shape index (κ3) is 2.40. The lowest BCUT2D eigenvalue weighted by Gasteiger charge is -1.96. The van der Waals surface area contributed by atoms with Gasteiger partial charge in [0.15, 0.2) is 0 Å². The van der Waals surface area contributed by atoms with Crippen molar-refractivity contribution in [3.05, 3.63) is 45.0 Å². The summed E-state index contributed by atoms with van der Waals surface area (Å²) < 4.78 is 0. The minimum Gasteiger partial charge on any atom is -0.299 e. The van der Waals surface area contributed by atoms with E-state index in [1.807, 2.05) is 0 Å². The van der Waals surface area contributed by atoms with Gasteiger partial charge in [0.1, 0.15) is 11.3 Å². The fraction of sp³-hybridized carbons (Fsp3) is 0. The van der Waals surface area contributed by atoms with Crippen LogP contribution < -0.4 is 0 Å². The van der Waals surface area contributed by atoms with Crippen LogP contribution in [0.3, 0.4) is 0 Å².